The number of piperidine rings is 1. The van der Waals surface area contributed by atoms with Crippen molar-refractivity contribution in [2.45, 2.75) is 25.8 Å². The van der Waals surface area contributed by atoms with Gasteiger partial charge in [0.1, 0.15) is 23.3 Å². The average Bonchev–Trinajstić information content (AvgIpc) is 2.70. The molecule has 0 aliphatic carbocycles. The fourth-order valence-corrected chi connectivity index (χ4v) is 4.01. The zero-order chi connectivity index (χ0) is 22.3. The molecular formula is C20H28N2O7S. The Kier molecular flexibility index (Phi) is 8.22. The molecule has 0 bridgehead atoms. The van der Waals surface area contributed by atoms with Crippen molar-refractivity contribution in [1.82, 2.24) is 10.2 Å². The van der Waals surface area contributed by atoms with Gasteiger partial charge in [-0.05, 0) is 44.0 Å². The van der Waals surface area contributed by atoms with Crippen molar-refractivity contribution in [3.8, 4) is 11.5 Å². The minimum Gasteiger partial charge on any atom is -0.497 e. The van der Waals surface area contributed by atoms with Crippen LogP contribution in [-0.4, -0.2) is 75.8 Å². The Morgan fingerprint density at radius 2 is 1.83 bits per heavy atom. The topological polar surface area (TPSA) is 119 Å². The lowest BCUT2D eigenvalue weighted by Gasteiger charge is -2.33. The van der Waals surface area contributed by atoms with E-state index in [1.54, 1.807) is 38.3 Å². The van der Waals surface area contributed by atoms with Crippen LogP contribution in [0.25, 0.3) is 0 Å². The lowest BCUT2D eigenvalue weighted by atomic mass is 9.94. The second-order valence-corrected chi connectivity index (χ2v) is 9.55. The molecule has 10 heteroatoms. The van der Waals surface area contributed by atoms with E-state index in [-0.39, 0.29) is 24.8 Å². The fraction of sp³-hybridized carbons (Fsp3) is 0.550. The number of hydrogen-bond acceptors (Lipinski definition) is 7. The molecule has 2 amide bonds. The van der Waals surface area contributed by atoms with E-state index < -0.39 is 33.5 Å². The van der Waals surface area contributed by atoms with Gasteiger partial charge in [0.15, 0.2) is 22.2 Å². The highest BCUT2D eigenvalue weighted by molar-refractivity contribution is 7.91. The lowest BCUT2D eigenvalue weighted by molar-refractivity contribution is -0.139. The molecule has 1 aromatic rings. The molecule has 1 N–H and O–H groups in total. The number of amides is 2. The van der Waals surface area contributed by atoms with Crippen molar-refractivity contribution >= 4 is 27.4 Å². The summed E-state index contributed by atoms with van der Waals surface area (Å²) in [5.74, 6) is -1.00. The number of ketones is 1. The molecule has 2 rings (SSSR count). The van der Waals surface area contributed by atoms with Gasteiger partial charge >= 0.3 is 0 Å². The maximum absolute atomic E-state index is 12.7. The number of Topliss-reactive ketones (excluding diaryl/α,β-unsaturated/α-hetero) is 1. The summed E-state index contributed by atoms with van der Waals surface area (Å²) in [5.41, 5.74) is 0. The first-order valence-electron chi connectivity index (χ1n) is 9.64. The Balaban J connectivity index is 1.83. The van der Waals surface area contributed by atoms with E-state index in [1.807, 2.05) is 0 Å². The minimum atomic E-state index is -3.41. The smallest absolute Gasteiger partial charge is 0.258 e. The summed E-state index contributed by atoms with van der Waals surface area (Å²) in [6.45, 7) is 1.94. The quantitative estimate of drug-likeness (QED) is 0.591. The maximum Gasteiger partial charge on any atom is 0.258 e. The number of rotatable bonds is 9. The van der Waals surface area contributed by atoms with Crippen LogP contribution in [0.2, 0.25) is 0 Å². The van der Waals surface area contributed by atoms with Gasteiger partial charge in [0.05, 0.1) is 7.11 Å². The number of benzene rings is 1. The van der Waals surface area contributed by atoms with Crippen LogP contribution in [0.1, 0.15) is 19.8 Å². The van der Waals surface area contributed by atoms with Crippen LogP contribution in [0.15, 0.2) is 24.3 Å². The fourth-order valence-electron chi connectivity index (χ4n) is 3.26. The standard InChI is InChI=1S/C20H28N2O7S/c1-14(21-19(24)12-29-17-8-6-16(28-2)7-9-17)20(25)22-10-4-5-15(11-22)18(23)13-30(3,26)27/h6-9,14-15H,4-5,10-13H2,1-3H3,(H,21,24)/t14-,15+/m1/s1. The van der Waals surface area contributed by atoms with Crippen LogP contribution in [0.5, 0.6) is 11.5 Å². The van der Waals surface area contributed by atoms with Gasteiger partial charge in [-0.1, -0.05) is 0 Å². The molecule has 166 valence electrons. The first-order chi connectivity index (χ1) is 14.1. The van der Waals surface area contributed by atoms with E-state index >= 15 is 0 Å². The second-order valence-electron chi connectivity index (χ2n) is 7.41. The molecule has 0 unspecified atom stereocenters. The normalized spacial score (nSPS) is 17.7. The van der Waals surface area contributed by atoms with Crippen molar-refractivity contribution in [2.75, 3.05) is 38.8 Å². The zero-order valence-corrected chi connectivity index (χ0v) is 18.2. The highest BCUT2D eigenvalue weighted by atomic mass is 32.2. The summed E-state index contributed by atoms with van der Waals surface area (Å²) in [6, 6.07) is 5.96. The van der Waals surface area contributed by atoms with Crippen molar-refractivity contribution in [3.63, 3.8) is 0 Å². The molecule has 2 atom stereocenters. The van der Waals surface area contributed by atoms with Crippen molar-refractivity contribution in [1.29, 1.82) is 0 Å². The molecule has 1 fully saturated rings. The Hall–Kier alpha value is -2.62. The molecule has 9 nitrogen and oxygen atoms in total. The summed E-state index contributed by atoms with van der Waals surface area (Å²) in [5, 5.41) is 2.59. The molecule has 1 aliphatic rings. The van der Waals surface area contributed by atoms with E-state index in [1.165, 1.54) is 4.90 Å². The van der Waals surface area contributed by atoms with E-state index in [2.05, 4.69) is 5.32 Å². The van der Waals surface area contributed by atoms with Crippen molar-refractivity contribution in [2.24, 2.45) is 5.92 Å². The molecule has 0 radical (unpaired) electrons. The van der Waals surface area contributed by atoms with Gasteiger partial charge in [-0.3, -0.25) is 14.4 Å². The Bertz CT molecular complexity index is 868. The SMILES string of the molecule is COc1ccc(OCC(=O)N[C@H](C)C(=O)N2CCC[C@H](C(=O)CS(C)(=O)=O)C2)cc1. The van der Waals surface area contributed by atoms with Gasteiger partial charge in [0.2, 0.25) is 5.91 Å². The maximum atomic E-state index is 12.7. The number of nitrogens with zero attached hydrogens (tertiary/aromatic N) is 1. The van der Waals surface area contributed by atoms with E-state index in [9.17, 15) is 22.8 Å². The van der Waals surface area contributed by atoms with Gasteiger partial charge in [-0.15, -0.1) is 0 Å². The third kappa shape index (κ3) is 7.33. The van der Waals surface area contributed by atoms with Crippen molar-refractivity contribution in [3.05, 3.63) is 24.3 Å². The Morgan fingerprint density at radius 3 is 2.43 bits per heavy atom. The predicted octanol–water partition coefficient (Wildman–Crippen LogP) is 0.431. The number of ether oxygens (including phenoxy) is 2. The number of carbonyl (C=O) groups excluding carboxylic acids is 3. The minimum absolute atomic E-state index is 0.162. The third-order valence-corrected chi connectivity index (χ3v) is 5.58. The highest BCUT2D eigenvalue weighted by Crippen LogP contribution is 2.19. The third-order valence-electron chi connectivity index (χ3n) is 4.77. The summed E-state index contributed by atoms with van der Waals surface area (Å²) < 4.78 is 33.2. The average molecular weight is 441 g/mol. The van der Waals surface area contributed by atoms with Crippen LogP contribution in [0.4, 0.5) is 0 Å². The molecule has 0 spiro atoms. The molecule has 30 heavy (non-hydrogen) atoms. The number of likely N-dealkylation sites (tertiary alicyclic amines) is 1. The van der Waals surface area contributed by atoms with E-state index in [4.69, 9.17) is 9.47 Å². The molecule has 1 heterocycles. The number of methoxy groups -OCH3 is 1. The molecular weight excluding hydrogens is 412 g/mol. The summed E-state index contributed by atoms with van der Waals surface area (Å²) in [6.07, 6.45) is 2.17. The molecule has 1 aliphatic heterocycles. The Morgan fingerprint density at radius 1 is 1.20 bits per heavy atom. The first kappa shape index (κ1) is 23.7. The van der Waals surface area contributed by atoms with Crippen LogP contribution in [0, 0.1) is 5.92 Å². The molecule has 0 saturated carbocycles. The summed E-state index contributed by atoms with van der Waals surface area (Å²) in [7, 11) is -1.86. The lowest BCUT2D eigenvalue weighted by Crippen LogP contribution is -2.51. The summed E-state index contributed by atoms with van der Waals surface area (Å²) >= 11 is 0. The van der Waals surface area contributed by atoms with Crippen LogP contribution in [-0.2, 0) is 24.2 Å². The van der Waals surface area contributed by atoms with E-state index in [0.717, 1.165) is 6.26 Å². The summed E-state index contributed by atoms with van der Waals surface area (Å²) in [4.78, 5) is 38.5. The van der Waals surface area contributed by atoms with Gasteiger partial charge < -0.3 is 19.7 Å². The predicted molar refractivity (Wildman–Crippen MR) is 110 cm³/mol. The van der Waals surface area contributed by atoms with Crippen molar-refractivity contribution < 1.29 is 32.3 Å². The molecule has 1 saturated heterocycles. The van der Waals surface area contributed by atoms with Gasteiger partial charge in [-0.25, -0.2) is 8.42 Å². The number of sulfone groups is 1. The van der Waals surface area contributed by atoms with Gasteiger partial charge in [0, 0.05) is 25.3 Å². The molecule has 1 aromatic carbocycles. The number of nitrogens with one attached hydrogen (secondary N) is 1. The largest absolute Gasteiger partial charge is 0.497 e. The van der Waals surface area contributed by atoms with E-state index in [0.29, 0.717) is 30.9 Å². The zero-order valence-electron chi connectivity index (χ0n) is 17.4. The van der Waals surface area contributed by atoms with Crippen LogP contribution >= 0.6 is 0 Å². The van der Waals surface area contributed by atoms with Gasteiger partial charge in [-0.2, -0.15) is 0 Å². The van der Waals surface area contributed by atoms with Gasteiger partial charge in [0.25, 0.3) is 5.91 Å². The highest BCUT2D eigenvalue weighted by Gasteiger charge is 2.31. The number of carbonyl (C=O) groups is 3. The Labute approximate surface area is 176 Å². The van der Waals surface area contributed by atoms with Crippen LogP contribution in [0.3, 0.4) is 0 Å². The van der Waals surface area contributed by atoms with Crippen LogP contribution < -0.4 is 14.8 Å². The second kappa shape index (κ2) is 10.4. The number of hydrogen-bond donors (Lipinski definition) is 1. The monoisotopic (exact) mass is 440 g/mol. The molecule has 0 aromatic heterocycles. The first-order valence-corrected chi connectivity index (χ1v) is 11.7.